The van der Waals surface area contributed by atoms with E-state index in [-0.39, 0.29) is 32.0 Å². The highest BCUT2D eigenvalue weighted by molar-refractivity contribution is 6.39. The molecule has 3 N–H and O–H groups in total. The van der Waals surface area contributed by atoms with Gasteiger partial charge in [0.2, 0.25) is 5.91 Å². The van der Waals surface area contributed by atoms with Crippen molar-refractivity contribution in [2.24, 2.45) is 0 Å². The van der Waals surface area contributed by atoms with Gasteiger partial charge in [-0.3, -0.25) is 9.59 Å². The summed E-state index contributed by atoms with van der Waals surface area (Å²) >= 11 is 14.6. The Morgan fingerprint density at radius 2 is 1.74 bits per heavy atom. The van der Waals surface area contributed by atoms with E-state index < -0.39 is 5.97 Å². The normalized spacial score (nSPS) is 10.3. The third kappa shape index (κ3) is 7.06. The van der Waals surface area contributed by atoms with Crippen LogP contribution in [0.5, 0.6) is 0 Å². The van der Waals surface area contributed by atoms with Crippen LogP contribution >= 0.6 is 23.2 Å². The number of benzene rings is 2. The van der Waals surface area contributed by atoms with Crippen LogP contribution in [0, 0.1) is 0 Å². The minimum atomic E-state index is -0.395. The molecule has 140 valence electrons. The predicted octanol–water partition coefficient (Wildman–Crippen LogP) is 2.61. The van der Waals surface area contributed by atoms with Crippen LogP contribution in [0.2, 0.25) is 10.0 Å². The number of hydrogen-bond donors (Lipinski definition) is 3. The van der Waals surface area contributed by atoms with Crippen molar-refractivity contribution in [3.05, 3.63) is 58.1 Å². The summed E-state index contributed by atoms with van der Waals surface area (Å²) in [6.45, 7) is 0.543. The van der Waals surface area contributed by atoms with Crippen LogP contribution in [0.25, 0.3) is 0 Å². The molecule has 0 aliphatic rings. The highest BCUT2D eigenvalue weighted by atomic mass is 35.5. The van der Waals surface area contributed by atoms with Crippen molar-refractivity contribution in [3.8, 4) is 0 Å². The number of ether oxygens (including phenoxy) is 1. The zero-order chi connectivity index (χ0) is 19.6. The number of anilines is 2. The summed E-state index contributed by atoms with van der Waals surface area (Å²) in [7, 11) is 0. The second kappa shape index (κ2) is 11.2. The van der Waals surface area contributed by atoms with Gasteiger partial charge in [-0.25, -0.2) is 0 Å². The molecule has 0 fully saturated rings. The molecule has 0 aliphatic heterocycles. The lowest BCUT2D eigenvalue weighted by Gasteiger charge is -2.14. The zero-order valence-corrected chi connectivity index (χ0v) is 17.1. The van der Waals surface area contributed by atoms with Crippen molar-refractivity contribution >= 4 is 63.0 Å². The Hall–Kier alpha value is -1.75. The average Bonchev–Trinajstić information content (AvgIpc) is 2.63. The minimum absolute atomic E-state index is 0.0757. The number of hydrogen-bond acceptors (Lipinski definition) is 5. The highest BCUT2D eigenvalue weighted by Gasteiger charge is 2.12. The van der Waals surface area contributed by atoms with Gasteiger partial charge in [0.05, 0.1) is 35.2 Å². The monoisotopic (exact) mass is 421 g/mol. The van der Waals surface area contributed by atoms with Gasteiger partial charge in [-0.15, -0.1) is 0 Å². The number of para-hydroxylation sites is 2. The molecule has 0 atom stereocenters. The average molecular weight is 422 g/mol. The smallest absolute Gasteiger partial charge is 0.310 e. The minimum Gasteiger partial charge on any atom is -0.464 e. The van der Waals surface area contributed by atoms with Crippen molar-refractivity contribution in [2.75, 3.05) is 25.0 Å². The lowest BCUT2D eigenvalue weighted by molar-refractivity contribution is -0.143. The first kappa shape index (κ1) is 21.6. The van der Waals surface area contributed by atoms with Gasteiger partial charge in [0.15, 0.2) is 0 Å². The number of carbonyl (C=O) groups is 2. The van der Waals surface area contributed by atoms with E-state index in [1.165, 1.54) is 0 Å². The van der Waals surface area contributed by atoms with Crippen LogP contribution in [0.15, 0.2) is 42.5 Å². The van der Waals surface area contributed by atoms with Crippen LogP contribution in [-0.4, -0.2) is 48.1 Å². The van der Waals surface area contributed by atoms with E-state index in [4.69, 9.17) is 27.9 Å². The molecule has 2 aromatic carbocycles. The number of esters is 1. The summed E-state index contributed by atoms with van der Waals surface area (Å²) in [5.41, 5.74) is 2.03. The maximum Gasteiger partial charge on any atom is 0.310 e. The summed E-state index contributed by atoms with van der Waals surface area (Å²) in [4.78, 5) is 23.4. The summed E-state index contributed by atoms with van der Waals surface area (Å²) < 4.78 is 7.82. The summed E-state index contributed by atoms with van der Waals surface area (Å²) in [5.74, 6) is -0.569. The molecule has 2 rings (SSSR count). The molecule has 9 heteroatoms. The first-order valence-corrected chi connectivity index (χ1v) is 9.49. The summed E-state index contributed by atoms with van der Waals surface area (Å²) in [5, 5.41) is 6.76. The number of halogens is 2. The Morgan fingerprint density at radius 1 is 1.04 bits per heavy atom. The van der Waals surface area contributed by atoms with Gasteiger partial charge in [-0.05, 0) is 23.8 Å². The van der Waals surface area contributed by atoms with Crippen molar-refractivity contribution in [3.63, 3.8) is 0 Å². The van der Waals surface area contributed by atoms with E-state index in [2.05, 4.69) is 31.4 Å². The standard InChI is InChI=1S/C18H18Cl2N3O3.Al/c19-13-5-3-6-14(20)18(13)23-15-7-2-1-4-12(15)10-17(25)26-9-8-22-16(24)11-21;/h1-7,21,23H,8-11H2,(H,22,24);/q-1;+1. The molecule has 0 heterocycles. The van der Waals surface area contributed by atoms with Gasteiger partial charge in [-0.1, -0.05) is 47.5 Å². The van der Waals surface area contributed by atoms with Crippen molar-refractivity contribution in [2.45, 2.75) is 6.42 Å². The maximum atomic E-state index is 12.1. The lowest BCUT2D eigenvalue weighted by atomic mass is 10.1. The van der Waals surface area contributed by atoms with Crippen LogP contribution in [0.1, 0.15) is 5.56 Å². The van der Waals surface area contributed by atoms with Crippen molar-refractivity contribution in [1.82, 2.24) is 9.62 Å². The molecule has 0 aromatic heterocycles. The molecule has 0 saturated heterocycles. The summed E-state index contributed by atoms with van der Waals surface area (Å²) in [6.07, 6.45) is 0.0757. The third-order valence-electron chi connectivity index (χ3n) is 3.52. The zero-order valence-electron chi connectivity index (χ0n) is 14.4. The van der Waals surface area contributed by atoms with Gasteiger partial charge in [-0.2, -0.15) is 0 Å². The molecule has 0 aliphatic carbocycles. The molecule has 0 spiro atoms. The highest BCUT2D eigenvalue weighted by Crippen LogP contribution is 2.33. The van der Waals surface area contributed by atoms with Gasteiger partial charge >= 0.3 is 5.97 Å². The predicted molar refractivity (Wildman–Crippen MR) is 108 cm³/mol. The second-order valence-corrected chi connectivity index (χ2v) is 6.73. The molecule has 0 bridgehead atoms. The fourth-order valence-corrected chi connectivity index (χ4v) is 2.94. The van der Waals surface area contributed by atoms with E-state index in [1.54, 1.807) is 18.2 Å². The Kier molecular flexibility index (Phi) is 8.92. The Labute approximate surface area is 176 Å². The van der Waals surface area contributed by atoms with E-state index in [0.29, 0.717) is 21.4 Å². The van der Waals surface area contributed by atoms with Crippen molar-refractivity contribution < 1.29 is 14.3 Å². The molecule has 0 saturated carbocycles. The van der Waals surface area contributed by atoms with E-state index in [1.807, 2.05) is 24.3 Å². The van der Waals surface area contributed by atoms with Gasteiger partial charge in [0.1, 0.15) is 6.61 Å². The fraction of sp³-hybridized carbons (Fsp3) is 0.222. The number of carbonyl (C=O) groups excluding carboxylic acids is 2. The SMILES string of the molecule is O=C(C[NH][Al])NCCOC(=O)Cc1ccccc1Nc1c(Cl)cccc1Cl. The van der Waals surface area contributed by atoms with E-state index >= 15 is 0 Å². The van der Waals surface area contributed by atoms with Crippen LogP contribution < -0.4 is 14.9 Å². The fourth-order valence-electron chi connectivity index (χ4n) is 2.27. The van der Waals surface area contributed by atoms with Gasteiger partial charge in [0.25, 0.3) is 16.5 Å². The second-order valence-electron chi connectivity index (χ2n) is 5.51. The number of amides is 1. The molecular formula is C18H18AlCl2N3O3. The third-order valence-corrected chi connectivity index (χ3v) is 4.36. The maximum absolute atomic E-state index is 12.1. The largest absolute Gasteiger partial charge is 0.464 e. The first-order valence-electron chi connectivity index (χ1n) is 8.16. The number of rotatable bonds is 9. The number of nitrogens with one attached hydrogen (secondary N) is 3. The Bertz CT molecular complexity index is 785. The van der Waals surface area contributed by atoms with Crippen LogP contribution in [0.3, 0.4) is 0 Å². The van der Waals surface area contributed by atoms with Gasteiger partial charge < -0.3 is 19.7 Å². The van der Waals surface area contributed by atoms with Crippen LogP contribution in [-0.2, 0) is 20.7 Å². The molecule has 0 unspecified atom stereocenters. The Balaban J connectivity index is 1.93. The van der Waals surface area contributed by atoms with Gasteiger partial charge in [0, 0.05) is 5.69 Å². The molecule has 1 amide bonds. The quantitative estimate of drug-likeness (QED) is 0.329. The van der Waals surface area contributed by atoms with Crippen molar-refractivity contribution in [1.29, 1.82) is 0 Å². The van der Waals surface area contributed by atoms with Crippen LogP contribution in [0.4, 0.5) is 11.4 Å². The van der Waals surface area contributed by atoms with E-state index in [9.17, 15) is 9.59 Å². The topological polar surface area (TPSA) is 79.5 Å². The van der Waals surface area contributed by atoms with E-state index in [0.717, 1.165) is 5.56 Å². The molecule has 6 nitrogen and oxygen atoms in total. The molecular weight excluding hydrogens is 404 g/mol. The molecule has 2 radical (unpaired) electrons. The molecule has 27 heavy (non-hydrogen) atoms. The summed E-state index contributed by atoms with van der Waals surface area (Å²) in [6, 6.07) is 12.5. The first-order chi connectivity index (χ1) is 13.0. The Morgan fingerprint density at radius 3 is 2.44 bits per heavy atom. The molecule has 2 aromatic rings. The lowest BCUT2D eigenvalue weighted by Crippen LogP contribution is -2.35.